The Bertz CT molecular complexity index is 146. The van der Waals surface area contributed by atoms with Crippen molar-refractivity contribution in [3.8, 4) is 0 Å². The molecule has 0 aromatic carbocycles. The molecule has 0 aliphatic carbocycles. The summed E-state index contributed by atoms with van der Waals surface area (Å²) in [6, 6.07) is 0. The van der Waals surface area contributed by atoms with Gasteiger partial charge in [-0.25, -0.2) is 8.78 Å². The standard InChI is InChI=1S/C10H18F2/c1-5-9(4,6-2)8-10(11,12)7-3/h7H,3,5-6,8H2,1-2,4H3. The van der Waals surface area contributed by atoms with Crippen molar-refractivity contribution in [3.05, 3.63) is 12.7 Å². The van der Waals surface area contributed by atoms with Crippen molar-refractivity contribution in [2.45, 2.75) is 46.0 Å². The van der Waals surface area contributed by atoms with Crippen molar-refractivity contribution in [2.24, 2.45) is 5.41 Å². The molecule has 2 heteroatoms. The minimum absolute atomic E-state index is 0.0868. The Labute approximate surface area is 73.7 Å². The third-order valence-corrected chi connectivity index (χ3v) is 2.67. The van der Waals surface area contributed by atoms with Crippen molar-refractivity contribution >= 4 is 0 Å². The van der Waals surface area contributed by atoms with Crippen LogP contribution in [0.4, 0.5) is 8.78 Å². The van der Waals surface area contributed by atoms with Gasteiger partial charge >= 0.3 is 0 Å². The molecule has 72 valence electrons. The molecule has 0 atom stereocenters. The lowest BCUT2D eigenvalue weighted by atomic mass is 9.79. The lowest BCUT2D eigenvalue weighted by Gasteiger charge is -2.29. The van der Waals surface area contributed by atoms with E-state index in [9.17, 15) is 8.78 Å². The molecular weight excluding hydrogens is 158 g/mol. The molecule has 0 bridgehead atoms. The topological polar surface area (TPSA) is 0 Å². The van der Waals surface area contributed by atoms with Crippen LogP contribution in [0.1, 0.15) is 40.0 Å². The fourth-order valence-corrected chi connectivity index (χ4v) is 1.14. The lowest BCUT2D eigenvalue weighted by molar-refractivity contribution is 0.000657. The Morgan fingerprint density at radius 2 is 1.67 bits per heavy atom. The second kappa shape index (κ2) is 4.01. The van der Waals surface area contributed by atoms with Crippen molar-refractivity contribution in [1.29, 1.82) is 0 Å². The van der Waals surface area contributed by atoms with E-state index >= 15 is 0 Å². The van der Waals surface area contributed by atoms with Gasteiger partial charge in [0, 0.05) is 6.42 Å². The van der Waals surface area contributed by atoms with Gasteiger partial charge in [-0.1, -0.05) is 40.2 Å². The maximum absolute atomic E-state index is 12.9. The number of hydrogen-bond acceptors (Lipinski definition) is 0. The van der Waals surface area contributed by atoms with Crippen molar-refractivity contribution < 1.29 is 8.78 Å². The van der Waals surface area contributed by atoms with Gasteiger partial charge in [-0.3, -0.25) is 0 Å². The Morgan fingerprint density at radius 3 is 1.92 bits per heavy atom. The zero-order valence-corrected chi connectivity index (χ0v) is 8.16. The van der Waals surface area contributed by atoms with Crippen molar-refractivity contribution in [3.63, 3.8) is 0 Å². The van der Waals surface area contributed by atoms with Gasteiger partial charge in [-0.2, -0.15) is 0 Å². The van der Waals surface area contributed by atoms with E-state index in [1.807, 2.05) is 20.8 Å². The van der Waals surface area contributed by atoms with Gasteiger partial charge < -0.3 is 0 Å². The molecule has 0 saturated carbocycles. The summed E-state index contributed by atoms with van der Waals surface area (Å²) in [5, 5.41) is 0. The summed E-state index contributed by atoms with van der Waals surface area (Å²) in [7, 11) is 0. The predicted octanol–water partition coefficient (Wildman–Crippen LogP) is 4.02. The van der Waals surface area contributed by atoms with E-state index in [-0.39, 0.29) is 11.8 Å². The first kappa shape index (κ1) is 11.6. The monoisotopic (exact) mass is 176 g/mol. The number of hydrogen-bond donors (Lipinski definition) is 0. The summed E-state index contributed by atoms with van der Waals surface area (Å²) >= 11 is 0. The molecule has 0 radical (unpaired) electrons. The van der Waals surface area contributed by atoms with Crippen LogP contribution in [-0.4, -0.2) is 5.92 Å². The van der Waals surface area contributed by atoms with Gasteiger partial charge in [0.05, 0.1) is 0 Å². The molecule has 0 rings (SSSR count). The third-order valence-electron chi connectivity index (χ3n) is 2.67. The highest BCUT2D eigenvalue weighted by Gasteiger charge is 2.34. The van der Waals surface area contributed by atoms with Gasteiger partial charge in [-0.05, 0) is 11.5 Å². The molecule has 0 saturated heterocycles. The van der Waals surface area contributed by atoms with E-state index in [0.717, 1.165) is 18.9 Å². The highest BCUT2D eigenvalue weighted by molar-refractivity contribution is 4.91. The molecule has 0 N–H and O–H groups in total. The first-order chi connectivity index (χ1) is 5.39. The molecule has 0 spiro atoms. The number of alkyl halides is 2. The van der Waals surface area contributed by atoms with Crippen LogP contribution < -0.4 is 0 Å². The number of allylic oxidation sites excluding steroid dienone is 1. The van der Waals surface area contributed by atoms with Gasteiger partial charge in [0.1, 0.15) is 0 Å². The quantitative estimate of drug-likeness (QED) is 0.555. The Balaban J connectivity index is 4.29. The minimum Gasteiger partial charge on any atom is -0.202 e. The molecule has 0 heterocycles. The average molecular weight is 176 g/mol. The Morgan fingerprint density at radius 1 is 1.25 bits per heavy atom. The van der Waals surface area contributed by atoms with E-state index in [0.29, 0.717) is 0 Å². The smallest absolute Gasteiger partial charge is 0.202 e. The maximum atomic E-state index is 12.9. The SMILES string of the molecule is C=CC(F)(F)CC(C)(CC)CC. The molecular formula is C10H18F2. The van der Waals surface area contributed by atoms with E-state index in [2.05, 4.69) is 6.58 Å². The molecule has 0 aliphatic heterocycles. The van der Waals surface area contributed by atoms with Gasteiger partial charge in [0.25, 0.3) is 5.92 Å². The van der Waals surface area contributed by atoms with Crippen LogP contribution in [0, 0.1) is 5.41 Å². The fraction of sp³-hybridized carbons (Fsp3) is 0.800. The van der Waals surface area contributed by atoms with E-state index < -0.39 is 5.92 Å². The summed E-state index contributed by atoms with van der Waals surface area (Å²) < 4.78 is 25.8. The molecule has 0 aromatic heterocycles. The molecule has 0 fully saturated rings. The number of halogens is 2. The molecule has 0 unspecified atom stereocenters. The van der Waals surface area contributed by atoms with Crippen LogP contribution in [0.15, 0.2) is 12.7 Å². The Kier molecular flexibility index (Phi) is 3.88. The fourth-order valence-electron chi connectivity index (χ4n) is 1.14. The minimum atomic E-state index is -2.71. The van der Waals surface area contributed by atoms with Gasteiger partial charge in [-0.15, -0.1) is 0 Å². The van der Waals surface area contributed by atoms with Crippen molar-refractivity contribution in [2.75, 3.05) is 0 Å². The third kappa shape index (κ3) is 3.33. The highest BCUT2D eigenvalue weighted by atomic mass is 19.3. The summed E-state index contributed by atoms with van der Waals surface area (Å²) in [5.74, 6) is -2.71. The number of rotatable bonds is 5. The zero-order chi connectivity index (χ0) is 9.83. The average Bonchev–Trinajstić information content (AvgIpc) is 2.04. The van der Waals surface area contributed by atoms with Crippen LogP contribution >= 0.6 is 0 Å². The van der Waals surface area contributed by atoms with Crippen LogP contribution in [0.3, 0.4) is 0 Å². The molecule has 0 aliphatic rings. The van der Waals surface area contributed by atoms with Crippen molar-refractivity contribution in [1.82, 2.24) is 0 Å². The second-order valence-electron chi connectivity index (χ2n) is 3.66. The van der Waals surface area contributed by atoms with Crippen LogP contribution in [-0.2, 0) is 0 Å². The van der Waals surface area contributed by atoms with Gasteiger partial charge in [0.15, 0.2) is 0 Å². The first-order valence-corrected chi connectivity index (χ1v) is 4.40. The highest BCUT2D eigenvalue weighted by Crippen LogP contribution is 2.37. The van der Waals surface area contributed by atoms with Crippen LogP contribution in [0.5, 0.6) is 0 Å². The first-order valence-electron chi connectivity index (χ1n) is 4.40. The summed E-state index contributed by atoms with van der Waals surface area (Å²) in [6.07, 6.45) is 2.23. The largest absolute Gasteiger partial charge is 0.266 e. The van der Waals surface area contributed by atoms with Gasteiger partial charge in [0.2, 0.25) is 0 Å². The molecule has 0 nitrogen and oxygen atoms in total. The predicted molar refractivity (Wildman–Crippen MR) is 48.5 cm³/mol. The zero-order valence-electron chi connectivity index (χ0n) is 8.16. The van der Waals surface area contributed by atoms with E-state index in [1.165, 1.54) is 0 Å². The summed E-state index contributed by atoms with van der Waals surface area (Å²) in [5.41, 5.74) is -0.252. The second-order valence-corrected chi connectivity index (χ2v) is 3.66. The maximum Gasteiger partial charge on any atom is 0.266 e. The molecule has 0 amide bonds. The molecule has 0 aromatic rings. The van der Waals surface area contributed by atoms with Crippen LogP contribution in [0.2, 0.25) is 0 Å². The normalized spacial score (nSPS) is 13.1. The summed E-state index contributed by atoms with van der Waals surface area (Å²) in [4.78, 5) is 0. The Hall–Kier alpha value is -0.400. The summed E-state index contributed by atoms with van der Waals surface area (Å²) in [6.45, 7) is 8.92. The van der Waals surface area contributed by atoms with Crippen LogP contribution in [0.25, 0.3) is 0 Å². The van der Waals surface area contributed by atoms with E-state index in [4.69, 9.17) is 0 Å². The molecule has 12 heavy (non-hydrogen) atoms. The van der Waals surface area contributed by atoms with E-state index in [1.54, 1.807) is 0 Å². The lowest BCUT2D eigenvalue weighted by Crippen LogP contribution is -2.25.